The molecule has 8 atom stereocenters. The first-order valence-corrected chi connectivity index (χ1v) is 12.7. The number of hydrogen-bond acceptors (Lipinski definition) is 14. The normalized spacial score (nSPS) is 34.4. The second-order valence-corrected chi connectivity index (χ2v) is 9.92. The summed E-state index contributed by atoms with van der Waals surface area (Å²) in [6, 6.07) is 10.7. The molecule has 14 heteroatoms. The number of ether oxygens (including phenoxy) is 4. The summed E-state index contributed by atoms with van der Waals surface area (Å²) in [7, 11) is 0. The second-order valence-electron chi connectivity index (χ2n) is 9.92. The third kappa shape index (κ3) is 5.08. The van der Waals surface area contributed by atoms with E-state index in [4.69, 9.17) is 28.5 Å². The molecule has 1 spiro atoms. The zero-order valence-electron chi connectivity index (χ0n) is 21.4. The summed E-state index contributed by atoms with van der Waals surface area (Å²) in [6.45, 7) is -2.12. The fourth-order valence-corrected chi connectivity index (χ4v) is 5.09. The Hall–Kier alpha value is -3.15. The summed E-state index contributed by atoms with van der Waals surface area (Å²) in [5, 5.41) is 77.0. The van der Waals surface area contributed by atoms with Crippen LogP contribution in [0.15, 0.2) is 57.9 Å². The van der Waals surface area contributed by atoms with Gasteiger partial charge in [0, 0.05) is 6.07 Å². The van der Waals surface area contributed by atoms with Gasteiger partial charge >= 0.3 is 0 Å². The molecular formula is C27H30O14. The molecule has 4 heterocycles. The maximum absolute atomic E-state index is 12.3. The van der Waals surface area contributed by atoms with Crippen molar-refractivity contribution in [2.24, 2.45) is 0 Å². The van der Waals surface area contributed by atoms with E-state index in [-0.39, 0.29) is 16.9 Å². The monoisotopic (exact) mass is 578 g/mol. The maximum Gasteiger partial charge on any atom is 0.222 e. The highest BCUT2D eigenvalue weighted by molar-refractivity contribution is 5.82. The number of phenols is 2. The summed E-state index contributed by atoms with van der Waals surface area (Å²) in [6.07, 6.45) is -6.27. The third-order valence-corrected chi connectivity index (χ3v) is 7.34. The summed E-state index contributed by atoms with van der Waals surface area (Å²) >= 11 is 0. The Morgan fingerprint density at radius 2 is 1.49 bits per heavy atom. The molecule has 222 valence electrons. The van der Waals surface area contributed by atoms with Gasteiger partial charge in [0.15, 0.2) is 5.43 Å². The zero-order chi connectivity index (χ0) is 29.5. The largest absolute Gasteiger partial charge is 0.508 e. The molecule has 3 aromatic rings. The fraction of sp³-hybridized carbons (Fsp3) is 0.444. The lowest BCUT2D eigenvalue weighted by atomic mass is 9.99. The van der Waals surface area contributed by atoms with Gasteiger partial charge in [-0.15, -0.1) is 0 Å². The lowest BCUT2D eigenvalue weighted by Crippen LogP contribution is -2.65. The number of aromatic hydroxyl groups is 2. The van der Waals surface area contributed by atoms with E-state index in [0.29, 0.717) is 22.1 Å². The number of hydrogen-bond donors (Lipinski definition) is 8. The fourth-order valence-electron chi connectivity index (χ4n) is 5.09. The molecule has 0 radical (unpaired) electrons. The highest BCUT2D eigenvalue weighted by atomic mass is 16.8. The molecule has 8 N–H and O–H groups in total. The molecular weight excluding hydrogens is 548 g/mol. The molecule has 0 bridgehead atoms. The van der Waals surface area contributed by atoms with Gasteiger partial charge in [-0.1, -0.05) is 12.1 Å². The van der Waals surface area contributed by atoms with Gasteiger partial charge in [0.1, 0.15) is 73.2 Å². The van der Waals surface area contributed by atoms with Crippen LogP contribution in [0.5, 0.6) is 11.5 Å². The predicted molar refractivity (Wildman–Crippen MR) is 137 cm³/mol. The number of aliphatic hydroxyl groups excluding tert-OH is 6. The average Bonchev–Trinajstić information content (AvgIpc) is 3.39. The molecule has 41 heavy (non-hydrogen) atoms. The molecule has 3 fully saturated rings. The summed E-state index contributed by atoms with van der Waals surface area (Å²) < 4.78 is 27.1. The predicted octanol–water partition coefficient (Wildman–Crippen LogP) is -1.48. The minimum atomic E-state index is -1.80. The van der Waals surface area contributed by atoms with E-state index in [9.17, 15) is 40.5 Å². The van der Waals surface area contributed by atoms with Crippen LogP contribution in [0, 0.1) is 0 Å². The average molecular weight is 579 g/mol. The van der Waals surface area contributed by atoms with E-state index < -0.39 is 74.6 Å². The van der Waals surface area contributed by atoms with Crippen LogP contribution in [-0.2, 0) is 18.9 Å². The lowest BCUT2D eigenvalue weighted by Gasteiger charge is -2.46. The van der Waals surface area contributed by atoms with Crippen LogP contribution in [-0.4, -0.2) is 115 Å². The molecule has 0 aliphatic carbocycles. The molecule has 0 unspecified atom stereocenters. The van der Waals surface area contributed by atoms with Crippen LogP contribution >= 0.6 is 0 Å². The van der Waals surface area contributed by atoms with Crippen LogP contribution in [0.25, 0.3) is 22.1 Å². The van der Waals surface area contributed by atoms with E-state index in [1.165, 1.54) is 36.6 Å². The molecule has 3 aliphatic heterocycles. The van der Waals surface area contributed by atoms with Gasteiger partial charge in [0.25, 0.3) is 0 Å². The first-order chi connectivity index (χ1) is 19.6. The lowest BCUT2D eigenvalue weighted by molar-refractivity contribution is -0.411. The van der Waals surface area contributed by atoms with Crippen molar-refractivity contribution in [2.75, 3.05) is 26.4 Å². The van der Waals surface area contributed by atoms with Gasteiger partial charge in [-0.2, -0.15) is 0 Å². The van der Waals surface area contributed by atoms with Gasteiger partial charge < -0.3 is 64.2 Å². The van der Waals surface area contributed by atoms with E-state index in [0.717, 1.165) is 0 Å². The molecule has 6 rings (SSSR count). The Bertz CT molecular complexity index is 1430. The molecule has 14 nitrogen and oxygen atoms in total. The Kier molecular flexibility index (Phi) is 8.06. The standard InChI is InChI=1S/C15H10O4.C12H20O10/c16-10-3-1-9(2-4-10)13-8-19-14-7-11(17)5-6-12(14)15(13)18;13-1-5-7(16)9(18)12(21-5)4-19-11(3-15)10(22-12)8(17)6(2-14)20-11/h1-8,16-17H;5-10,13-18H,1-4H2/t;5-,6-,7-,8-,9+,10+,11-,12-/m.1/s1. The van der Waals surface area contributed by atoms with Crippen molar-refractivity contribution in [1.29, 1.82) is 0 Å². The quantitative estimate of drug-likeness (QED) is 0.177. The van der Waals surface area contributed by atoms with Gasteiger partial charge in [0.05, 0.1) is 24.2 Å². The van der Waals surface area contributed by atoms with E-state index in [2.05, 4.69) is 0 Å². The highest BCUT2D eigenvalue weighted by Gasteiger charge is 2.67. The van der Waals surface area contributed by atoms with Crippen molar-refractivity contribution in [1.82, 2.24) is 0 Å². The summed E-state index contributed by atoms with van der Waals surface area (Å²) in [5.74, 6) is -3.30. The van der Waals surface area contributed by atoms with Gasteiger partial charge in [0.2, 0.25) is 11.6 Å². The van der Waals surface area contributed by atoms with E-state index in [1.54, 1.807) is 12.1 Å². The van der Waals surface area contributed by atoms with Crippen LogP contribution in [0.2, 0.25) is 0 Å². The van der Waals surface area contributed by atoms with Crippen molar-refractivity contribution < 1.29 is 64.2 Å². The number of fused-ring (bicyclic) bond motifs is 2. The van der Waals surface area contributed by atoms with Crippen molar-refractivity contribution in [3.05, 3.63) is 59.0 Å². The van der Waals surface area contributed by atoms with E-state index in [1.807, 2.05) is 0 Å². The number of phenolic OH excluding ortho intramolecular Hbond substituents is 2. The molecule has 3 saturated heterocycles. The van der Waals surface area contributed by atoms with Crippen molar-refractivity contribution in [2.45, 2.75) is 48.2 Å². The molecule has 0 amide bonds. The number of benzene rings is 2. The SMILES string of the molecule is O=c1c(-c2ccc(O)cc2)coc2cc(O)ccc12.OC[C@H]1O[C@@]2(CO[C@]3(CO)O[C@H](CO)[C@@H](O)[C@@H]3O2)[C@@H](O)[C@@H]1O. The van der Waals surface area contributed by atoms with Crippen LogP contribution in [0.4, 0.5) is 0 Å². The van der Waals surface area contributed by atoms with Gasteiger partial charge in [-0.05, 0) is 29.8 Å². The molecule has 0 saturated carbocycles. The van der Waals surface area contributed by atoms with Gasteiger partial charge in [-0.3, -0.25) is 4.79 Å². The van der Waals surface area contributed by atoms with Crippen molar-refractivity contribution in [3.63, 3.8) is 0 Å². The molecule has 2 aromatic carbocycles. The van der Waals surface area contributed by atoms with Crippen LogP contribution in [0.3, 0.4) is 0 Å². The van der Waals surface area contributed by atoms with Crippen molar-refractivity contribution >= 4 is 11.0 Å². The highest BCUT2D eigenvalue weighted by Crippen LogP contribution is 2.45. The minimum absolute atomic E-state index is 0.0491. The van der Waals surface area contributed by atoms with Crippen LogP contribution < -0.4 is 5.43 Å². The number of aliphatic hydroxyl groups is 6. The first-order valence-electron chi connectivity index (χ1n) is 12.7. The molecule has 3 aliphatic rings. The smallest absolute Gasteiger partial charge is 0.222 e. The summed E-state index contributed by atoms with van der Waals surface area (Å²) in [4.78, 5) is 12.3. The maximum atomic E-state index is 12.3. The van der Waals surface area contributed by atoms with Gasteiger partial charge in [-0.25, -0.2) is 0 Å². The van der Waals surface area contributed by atoms with E-state index >= 15 is 0 Å². The van der Waals surface area contributed by atoms with Crippen LogP contribution in [0.1, 0.15) is 0 Å². The zero-order valence-corrected chi connectivity index (χ0v) is 21.4. The number of rotatable bonds is 4. The Balaban J connectivity index is 0.000000166. The Morgan fingerprint density at radius 1 is 0.829 bits per heavy atom. The first kappa shape index (κ1) is 29.3. The molecule has 1 aromatic heterocycles. The Morgan fingerprint density at radius 3 is 2.12 bits per heavy atom. The Labute approximate surface area is 231 Å². The third-order valence-electron chi connectivity index (χ3n) is 7.34. The van der Waals surface area contributed by atoms with Crippen molar-refractivity contribution in [3.8, 4) is 22.6 Å². The topological polar surface area (TPSA) is 229 Å². The summed E-state index contributed by atoms with van der Waals surface area (Å²) in [5.41, 5.74) is 1.25. The minimum Gasteiger partial charge on any atom is -0.508 e. The second kappa shape index (κ2) is 11.3.